The van der Waals surface area contributed by atoms with E-state index in [1.54, 1.807) is 0 Å². The summed E-state index contributed by atoms with van der Waals surface area (Å²) in [7, 11) is 0. The van der Waals surface area contributed by atoms with Crippen molar-refractivity contribution in [1.82, 2.24) is 4.57 Å². The molecular formula is C59H42N2. The molecule has 0 fully saturated rings. The molecule has 0 saturated carbocycles. The van der Waals surface area contributed by atoms with Gasteiger partial charge in [-0.1, -0.05) is 178 Å². The Kier molecular flexibility index (Phi) is 7.76. The van der Waals surface area contributed by atoms with Crippen molar-refractivity contribution < 1.29 is 0 Å². The lowest BCUT2D eigenvalue weighted by Crippen LogP contribution is -2.17. The van der Waals surface area contributed by atoms with Crippen molar-refractivity contribution in [2.75, 3.05) is 4.90 Å². The summed E-state index contributed by atoms with van der Waals surface area (Å²) in [5, 5.41) is 10.1. The highest BCUT2D eigenvalue weighted by atomic mass is 15.1. The van der Waals surface area contributed by atoms with E-state index in [0.717, 1.165) is 28.2 Å². The van der Waals surface area contributed by atoms with Crippen LogP contribution in [-0.4, -0.2) is 4.57 Å². The zero-order valence-corrected chi connectivity index (χ0v) is 34.2. The first-order valence-corrected chi connectivity index (χ1v) is 21.2. The molecule has 288 valence electrons. The van der Waals surface area contributed by atoms with Gasteiger partial charge in [0.05, 0.1) is 16.7 Å². The molecule has 0 radical (unpaired) electrons. The van der Waals surface area contributed by atoms with Gasteiger partial charge in [0, 0.05) is 44.0 Å². The summed E-state index contributed by atoms with van der Waals surface area (Å²) in [6.07, 6.45) is 1.95. The highest BCUT2D eigenvalue weighted by Gasteiger charge is 2.37. The molecule has 0 bridgehead atoms. The van der Waals surface area contributed by atoms with Gasteiger partial charge in [0.1, 0.15) is 0 Å². The number of fused-ring (bicyclic) bond motifs is 12. The van der Waals surface area contributed by atoms with Crippen molar-refractivity contribution in [1.29, 1.82) is 0 Å². The van der Waals surface area contributed by atoms with E-state index >= 15 is 0 Å². The summed E-state index contributed by atoms with van der Waals surface area (Å²) in [6, 6.07) is 73.8. The molecule has 61 heavy (non-hydrogen) atoms. The second-order valence-corrected chi connectivity index (χ2v) is 16.9. The largest absolute Gasteiger partial charge is 0.310 e. The Labute approximate surface area is 355 Å². The van der Waals surface area contributed by atoms with Gasteiger partial charge in [-0.05, 0) is 109 Å². The fraction of sp³-hybridized carbons (Fsp3) is 0.0508. The topological polar surface area (TPSA) is 8.17 Å². The lowest BCUT2D eigenvalue weighted by atomic mass is 9.82. The van der Waals surface area contributed by atoms with Crippen LogP contribution in [-0.2, 0) is 5.41 Å². The maximum atomic E-state index is 4.13. The van der Waals surface area contributed by atoms with E-state index in [-0.39, 0.29) is 5.41 Å². The Hall–Kier alpha value is -7.68. The van der Waals surface area contributed by atoms with Crippen molar-refractivity contribution in [2.24, 2.45) is 0 Å². The summed E-state index contributed by atoms with van der Waals surface area (Å²) < 4.78 is 2.52. The number of hydrogen-bond donors (Lipinski definition) is 0. The Morgan fingerprint density at radius 1 is 0.475 bits per heavy atom. The fourth-order valence-electron chi connectivity index (χ4n) is 10.5. The molecule has 2 heteroatoms. The van der Waals surface area contributed by atoms with Gasteiger partial charge in [-0.15, -0.1) is 0 Å². The third-order valence-corrected chi connectivity index (χ3v) is 13.3. The Morgan fingerprint density at radius 3 is 1.90 bits per heavy atom. The van der Waals surface area contributed by atoms with E-state index in [1.165, 1.54) is 87.6 Å². The van der Waals surface area contributed by atoms with Gasteiger partial charge in [-0.3, -0.25) is 0 Å². The van der Waals surface area contributed by atoms with Crippen LogP contribution >= 0.6 is 0 Å². The molecule has 0 aliphatic heterocycles. The molecule has 0 unspecified atom stereocenters. The smallest absolute Gasteiger partial charge is 0.0625 e. The molecule has 1 aliphatic rings. The molecular weight excluding hydrogens is 737 g/mol. The molecule has 0 amide bonds. The third kappa shape index (κ3) is 5.22. The molecule has 1 aliphatic carbocycles. The van der Waals surface area contributed by atoms with Gasteiger partial charge in [0.15, 0.2) is 0 Å². The predicted molar refractivity (Wildman–Crippen MR) is 261 cm³/mol. The number of hydrogen-bond acceptors (Lipinski definition) is 1. The van der Waals surface area contributed by atoms with E-state index < -0.39 is 0 Å². The number of rotatable bonds is 6. The van der Waals surface area contributed by atoms with Gasteiger partial charge < -0.3 is 9.47 Å². The maximum absolute atomic E-state index is 4.13. The van der Waals surface area contributed by atoms with Crippen LogP contribution in [0.15, 0.2) is 207 Å². The Balaban J connectivity index is 1.04. The quantitative estimate of drug-likeness (QED) is 0.153. The average molecular weight is 779 g/mol. The minimum Gasteiger partial charge on any atom is -0.310 e. The number of anilines is 3. The second-order valence-electron chi connectivity index (χ2n) is 16.9. The van der Waals surface area contributed by atoms with E-state index in [2.05, 4.69) is 230 Å². The maximum Gasteiger partial charge on any atom is 0.0625 e. The molecule has 0 atom stereocenters. The minimum atomic E-state index is -0.264. The zero-order chi connectivity index (χ0) is 40.8. The van der Waals surface area contributed by atoms with Crippen LogP contribution in [0.4, 0.5) is 17.1 Å². The van der Waals surface area contributed by atoms with E-state index in [4.69, 9.17) is 0 Å². The summed E-state index contributed by atoms with van der Waals surface area (Å²) in [5.74, 6) is 0. The molecule has 1 aromatic heterocycles. The van der Waals surface area contributed by atoms with Crippen LogP contribution in [0.5, 0.6) is 0 Å². The predicted octanol–water partition coefficient (Wildman–Crippen LogP) is 16.3. The van der Waals surface area contributed by atoms with Crippen LogP contribution in [0, 0.1) is 0 Å². The lowest BCUT2D eigenvalue weighted by molar-refractivity contribution is 0.660. The van der Waals surface area contributed by atoms with Crippen molar-refractivity contribution in [3.8, 4) is 27.9 Å². The number of aromatic nitrogens is 1. The average Bonchev–Trinajstić information content (AvgIpc) is 3.78. The fourth-order valence-corrected chi connectivity index (χ4v) is 10.5. The summed E-state index contributed by atoms with van der Waals surface area (Å²) >= 11 is 0. The normalized spacial score (nSPS) is 13.0. The van der Waals surface area contributed by atoms with Crippen LogP contribution in [0.3, 0.4) is 0 Å². The summed E-state index contributed by atoms with van der Waals surface area (Å²) in [4.78, 5) is 2.45. The van der Waals surface area contributed by atoms with Crippen molar-refractivity contribution in [3.63, 3.8) is 0 Å². The first-order chi connectivity index (χ1) is 30.0. The standard InChI is InChI=1S/C59H42N2/c1-4-38-17-5-7-22-44(38)40-20-15-21-41(35-40)60(55-30-16-19-39-18-6-8-23-45(39)55)42-31-33-48-49-34-32-43(37-54(49)59(2,3)53(48)36-42)61-56-29-14-13-28-52(56)57-50-26-11-9-24-46(50)47-25-10-12-27-51(47)58(57)61/h4-37H,1H2,2-3H3. The molecule has 10 aromatic carbocycles. The molecule has 0 spiro atoms. The Morgan fingerprint density at radius 2 is 1.08 bits per heavy atom. The SMILES string of the molecule is C=Cc1ccccc1-c1cccc(N(c2ccc3c(c2)C(C)(C)c2cc(-n4c5ccccc5c5c6ccccc6c6ccccc6c54)ccc2-3)c2cccc3ccccc23)c1. The van der Waals surface area contributed by atoms with Crippen LogP contribution in [0.25, 0.3) is 88.1 Å². The van der Waals surface area contributed by atoms with Crippen LogP contribution < -0.4 is 4.90 Å². The first-order valence-electron chi connectivity index (χ1n) is 21.2. The monoisotopic (exact) mass is 778 g/mol. The number of para-hydroxylation sites is 1. The van der Waals surface area contributed by atoms with Gasteiger partial charge in [0.2, 0.25) is 0 Å². The summed E-state index contributed by atoms with van der Waals surface area (Å²) in [6.45, 7) is 8.92. The van der Waals surface area contributed by atoms with E-state index in [9.17, 15) is 0 Å². The van der Waals surface area contributed by atoms with Gasteiger partial charge in [-0.2, -0.15) is 0 Å². The highest BCUT2D eigenvalue weighted by Crippen LogP contribution is 2.52. The second kappa shape index (κ2) is 13.4. The van der Waals surface area contributed by atoms with Crippen molar-refractivity contribution >= 4 is 77.3 Å². The minimum absolute atomic E-state index is 0.264. The van der Waals surface area contributed by atoms with E-state index in [0.29, 0.717) is 0 Å². The molecule has 0 N–H and O–H groups in total. The molecule has 0 saturated heterocycles. The molecule has 2 nitrogen and oxygen atoms in total. The third-order valence-electron chi connectivity index (χ3n) is 13.3. The van der Waals surface area contributed by atoms with Crippen molar-refractivity contribution in [3.05, 3.63) is 223 Å². The van der Waals surface area contributed by atoms with Gasteiger partial charge in [-0.25, -0.2) is 0 Å². The van der Waals surface area contributed by atoms with Gasteiger partial charge >= 0.3 is 0 Å². The Bertz CT molecular complexity index is 3600. The first kappa shape index (κ1) is 35.3. The molecule has 1 heterocycles. The van der Waals surface area contributed by atoms with E-state index in [1.807, 2.05) is 6.08 Å². The molecule has 12 rings (SSSR count). The summed E-state index contributed by atoms with van der Waals surface area (Å²) in [5.41, 5.74) is 15.5. The van der Waals surface area contributed by atoms with Gasteiger partial charge in [0.25, 0.3) is 0 Å². The number of benzene rings is 10. The van der Waals surface area contributed by atoms with Crippen LogP contribution in [0.1, 0.15) is 30.5 Å². The van der Waals surface area contributed by atoms with Crippen LogP contribution in [0.2, 0.25) is 0 Å². The zero-order valence-electron chi connectivity index (χ0n) is 34.2. The molecule has 11 aromatic rings. The van der Waals surface area contributed by atoms with Crippen molar-refractivity contribution in [2.45, 2.75) is 19.3 Å². The lowest BCUT2D eigenvalue weighted by Gasteiger charge is -2.29. The number of nitrogens with zero attached hydrogens (tertiary/aromatic N) is 2. The highest BCUT2D eigenvalue weighted by molar-refractivity contribution is 6.32.